The van der Waals surface area contributed by atoms with Gasteiger partial charge >= 0.3 is 0 Å². The molecule has 0 aromatic heterocycles. The Bertz CT molecular complexity index is 893. The van der Waals surface area contributed by atoms with Gasteiger partial charge in [-0.3, -0.25) is 24.2 Å². The second-order valence-electron chi connectivity index (χ2n) is 8.93. The minimum atomic E-state index is -0.220. The third kappa shape index (κ3) is 3.99. The van der Waals surface area contributed by atoms with E-state index in [4.69, 9.17) is 4.74 Å². The van der Waals surface area contributed by atoms with Crippen LogP contribution in [0.1, 0.15) is 30.4 Å². The van der Waals surface area contributed by atoms with Gasteiger partial charge in [-0.15, -0.1) is 0 Å². The number of carbonyl (C=O) groups excluding carboxylic acids is 3. The van der Waals surface area contributed by atoms with E-state index in [1.165, 1.54) is 16.0 Å². The highest BCUT2D eigenvalue weighted by Gasteiger charge is 2.47. The lowest BCUT2D eigenvalue weighted by Gasteiger charge is -2.35. The Morgan fingerprint density at radius 3 is 2.42 bits per heavy atom. The van der Waals surface area contributed by atoms with Crippen LogP contribution in [-0.2, 0) is 27.3 Å². The molecule has 0 radical (unpaired) electrons. The number of fused-ring (bicyclic) bond motifs is 2. The lowest BCUT2D eigenvalue weighted by atomic mass is 9.85. The molecule has 1 aromatic rings. The van der Waals surface area contributed by atoms with Crippen LogP contribution < -0.4 is 4.74 Å². The molecular weight excluding hydrogens is 394 g/mol. The first-order valence-corrected chi connectivity index (χ1v) is 11.3. The van der Waals surface area contributed by atoms with E-state index in [1.54, 1.807) is 0 Å². The summed E-state index contributed by atoms with van der Waals surface area (Å²) in [6, 6.07) is 6.42. The highest BCUT2D eigenvalue weighted by Crippen LogP contribution is 2.35. The summed E-state index contributed by atoms with van der Waals surface area (Å²) in [6.07, 6.45) is 6.44. The normalized spacial score (nSPS) is 25.5. The smallest absolute Gasteiger partial charge is 0.233 e. The van der Waals surface area contributed by atoms with Crippen LogP contribution in [0.25, 0.3) is 0 Å². The summed E-state index contributed by atoms with van der Waals surface area (Å²) in [5, 5.41) is 0. The fraction of sp³-hybridized carbons (Fsp3) is 0.542. The van der Waals surface area contributed by atoms with E-state index in [0.29, 0.717) is 25.9 Å². The summed E-state index contributed by atoms with van der Waals surface area (Å²) in [7, 11) is 0. The van der Waals surface area contributed by atoms with E-state index in [-0.39, 0.29) is 42.5 Å². The van der Waals surface area contributed by atoms with Crippen molar-refractivity contribution in [2.75, 3.05) is 39.3 Å². The third-order valence-electron chi connectivity index (χ3n) is 7.03. The van der Waals surface area contributed by atoms with Gasteiger partial charge in [0.25, 0.3) is 0 Å². The Hall–Kier alpha value is -2.67. The first-order chi connectivity index (χ1) is 15.1. The summed E-state index contributed by atoms with van der Waals surface area (Å²) in [5.74, 6) is 0.393. The van der Waals surface area contributed by atoms with Gasteiger partial charge in [0.05, 0.1) is 18.4 Å². The van der Waals surface area contributed by atoms with Crippen LogP contribution in [0.3, 0.4) is 0 Å². The lowest BCUT2D eigenvalue weighted by Crippen LogP contribution is -2.49. The molecule has 0 saturated carbocycles. The molecule has 3 amide bonds. The zero-order valence-corrected chi connectivity index (χ0v) is 17.8. The Morgan fingerprint density at radius 1 is 1.00 bits per heavy atom. The maximum absolute atomic E-state index is 12.7. The molecule has 5 rings (SSSR count). The zero-order chi connectivity index (χ0) is 21.4. The highest BCUT2D eigenvalue weighted by molar-refractivity contribution is 6.05. The van der Waals surface area contributed by atoms with Crippen LogP contribution in [0, 0.1) is 11.8 Å². The highest BCUT2D eigenvalue weighted by atomic mass is 16.5. The number of amides is 3. The zero-order valence-electron chi connectivity index (χ0n) is 17.8. The van der Waals surface area contributed by atoms with Gasteiger partial charge in [0.2, 0.25) is 17.7 Å². The van der Waals surface area contributed by atoms with Gasteiger partial charge in [-0.25, -0.2) is 0 Å². The average molecular weight is 424 g/mol. The summed E-state index contributed by atoms with van der Waals surface area (Å²) < 4.78 is 5.58. The quantitative estimate of drug-likeness (QED) is 0.532. The number of carbonyl (C=O) groups is 3. The molecule has 0 unspecified atom stereocenters. The second kappa shape index (κ2) is 8.46. The van der Waals surface area contributed by atoms with Crippen LogP contribution in [-0.4, -0.2) is 71.8 Å². The molecule has 0 spiro atoms. The summed E-state index contributed by atoms with van der Waals surface area (Å²) in [4.78, 5) is 43.4. The Balaban J connectivity index is 1.09. The van der Waals surface area contributed by atoms with Gasteiger partial charge in [-0.05, 0) is 30.0 Å². The molecular formula is C24H29N3O4. The van der Waals surface area contributed by atoms with Crippen LogP contribution in [0.4, 0.5) is 0 Å². The number of rotatable bonds is 5. The maximum Gasteiger partial charge on any atom is 0.233 e. The van der Waals surface area contributed by atoms with Crippen molar-refractivity contribution in [2.45, 2.75) is 32.2 Å². The molecule has 0 N–H and O–H groups in total. The number of allylic oxidation sites excluding steroid dienone is 2. The van der Waals surface area contributed by atoms with Crippen molar-refractivity contribution in [3.63, 3.8) is 0 Å². The molecule has 1 aliphatic carbocycles. The van der Waals surface area contributed by atoms with Crippen molar-refractivity contribution in [1.82, 2.24) is 14.7 Å². The Labute approximate surface area is 182 Å². The van der Waals surface area contributed by atoms with Crippen molar-refractivity contribution < 1.29 is 19.1 Å². The van der Waals surface area contributed by atoms with Crippen LogP contribution in [0.5, 0.6) is 5.75 Å². The molecule has 2 saturated heterocycles. The maximum atomic E-state index is 12.7. The minimum Gasteiger partial charge on any atom is -0.493 e. The molecule has 31 heavy (non-hydrogen) atoms. The number of hydrogen-bond acceptors (Lipinski definition) is 5. The van der Waals surface area contributed by atoms with E-state index >= 15 is 0 Å². The molecule has 4 aliphatic rings. The van der Waals surface area contributed by atoms with Gasteiger partial charge < -0.3 is 9.64 Å². The average Bonchev–Trinajstić information content (AvgIpc) is 3.35. The number of hydrogen-bond donors (Lipinski definition) is 0. The van der Waals surface area contributed by atoms with Crippen molar-refractivity contribution >= 4 is 17.7 Å². The number of ether oxygens (including phenoxy) is 1. The Morgan fingerprint density at radius 2 is 1.71 bits per heavy atom. The number of nitrogens with zero attached hydrogens (tertiary/aromatic N) is 3. The molecule has 164 valence electrons. The molecule has 7 heteroatoms. The Kier molecular flexibility index (Phi) is 5.52. The predicted octanol–water partition coefficient (Wildman–Crippen LogP) is 1.61. The van der Waals surface area contributed by atoms with Crippen molar-refractivity contribution in [3.05, 3.63) is 41.5 Å². The first-order valence-electron chi connectivity index (χ1n) is 11.3. The van der Waals surface area contributed by atoms with E-state index in [1.807, 2.05) is 17.1 Å². The fourth-order valence-electron chi connectivity index (χ4n) is 5.21. The molecule has 2 fully saturated rings. The van der Waals surface area contributed by atoms with Gasteiger partial charge in [0.15, 0.2) is 0 Å². The minimum absolute atomic E-state index is 0.0305. The van der Waals surface area contributed by atoms with E-state index < -0.39 is 0 Å². The molecule has 0 bridgehead atoms. The second-order valence-corrected chi connectivity index (χ2v) is 8.93. The number of benzene rings is 1. The first kappa shape index (κ1) is 20.2. The summed E-state index contributed by atoms with van der Waals surface area (Å²) in [5.41, 5.74) is 2.57. The van der Waals surface area contributed by atoms with Crippen LogP contribution >= 0.6 is 0 Å². The topological polar surface area (TPSA) is 70.2 Å². The number of likely N-dealkylation sites (tertiary alicyclic amines) is 1. The predicted molar refractivity (Wildman–Crippen MR) is 114 cm³/mol. The third-order valence-corrected chi connectivity index (χ3v) is 7.03. The van der Waals surface area contributed by atoms with Crippen LogP contribution in [0.2, 0.25) is 0 Å². The largest absolute Gasteiger partial charge is 0.493 e. The van der Waals surface area contributed by atoms with Gasteiger partial charge in [0.1, 0.15) is 5.75 Å². The number of imide groups is 1. The van der Waals surface area contributed by atoms with Gasteiger partial charge in [-0.2, -0.15) is 0 Å². The summed E-state index contributed by atoms with van der Waals surface area (Å²) in [6.45, 7) is 4.89. The SMILES string of the molecule is O=C(CCN1C(=O)[C@H]2CC=CC[C@H]2C1=O)N1CCN(Cc2ccc3c(c2)CCO3)CC1. The van der Waals surface area contributed by atoms with Crippen molar-refractivity contribution in [3.8, 4) is 5.75 Å². The fourth-order valence-corrected chi connectivity index (χ4v) is 5.21. The monoisotopic (exact) mass is 423 g/mol. The van der Waals surface area contributed by atoms with E-state index in [0.717, 1.165) is 38.4 Å². The van der Waals surface area contributed by atoms with Gasteiger partial charge in [-0.1, -0.05) is 24.3 Å². The van der Waals surface area contributed by atoms with E-state index in [9.17, 15) is 14.4 Å². The molecule has 2 atom stereocenters. The number of piperazine rings is 1. The van der Waals surface area contributed by atoms with E-state index in [2.05, 4.69) is 23.1 Å². The van der Waals surface area contributed by atoms with Crippen molar-refractivity contribution in [2.24, 2.45) is 11.8 Å². The van der Waals surface area contributed by atoms with Gasteiger partial charge in [0, 0.05) is 52.1 Å². The lowest BCUT2D eigenvalue weighted by molar-refractivity contribution is -0.141. The molecule has 1 aromatic carbocycles. The molecule has 3 aliphatic heterocycles. The standard InChI is InChI=1S/C24H29N3O4/c28-22(7-9-27-23(29)19-3-1-2-4-20(19)24(27)30)26-12-10-25(11-13-26)16-17-5-6-21-18(15-17)8-14-31-21/h1-2,5-6,15,19-20H,3-4,7-14,16H2/t19-,20+. The summed E-state index contributed by atoms with van der Waals surface area (Å²) >= 11 is 0. The molecule has 3 heterocycles. The van der Waals surface area contributed by atoms with Crippen molar-refractivity contribution in [1.29, 1.82) is 0 Å². The van der Waals surface area contributed by atoms with Crippen LogP contribution in [0.15, 0.2) is 30.4 Å². The molecule has 7 nitrogen and oxygen atoms in total.